The van der Waals surface area contributed by atoms with Gasteiger partial charge in [-0.15, -0.1) is 0 Å². The molecule has 108 valence electrons. The van der Waals surface area contributed by atoms with E-state index in [1.165, 1.54) is 16.7 Å². The SMILES string of the molecule is Cc1ccc(C)c(-c2ccc3c(c2)N=C(N)N(C)C3N)c1. The average Bonchev–Trinajstić information content (AvgIpc) is 2.47. The lowest BCUT2D eigenvalue weighted by Gasteiger charge is -2.31. The summed E-state index contributed by atoms with van der Waals surface area (Å²) in [5, 5.41) is 0. The van der Waals surface area contributed by atoms with Gasteiger partial charge in [-0.2, -0.15) is 0 Å². The largest absolute Gasteiger partial charge is 0.369 e. The van der Waals surface area contributed by atoms with Crippen molar-refractivity contribution in [3.8, 4) is 11.1 Å². The Labute approximate surface area is 125 Å². The molecule has 1 aliphatic heterocycles. The first-order valence-corrected chi connectivity index (χ1v) is 7.01. The lowest BCUT2D eigenvalue weighted by molar-refractivity contribution is 0.375. The summed E-state index contributed by atoms with van der Waals surface area (Å²) in [7, 11) is 1.85. The predicted molar refractivity (Wildman–Crippen MR) is 87.3 cm³/mol. The van der Waals surface area contributed by atoms with Gasteiger partial charge in [-0.3, -0.25) is 0 Å². The van der Waals surface area contributed by atoms with Crippen LogP contribution in [0.2, 0.25) is 0 Å². The molecule has 0 aromatic heterocycles. The Kier molecular flexibility index (Phi) is 3.18. The van der Waals surface area contributed by atoms with E-state index >= 15 is 0 Å². The quantitative estimate of drug-likeness (QED) is 0.844. The van der Waals surface area contributed by atoms with Gasteiger partial charge >= 0.3 is 0 Å². The van der Waals surface area contributed by atoms with E-state index in [2.05, 4.69) is 49.2 Å². The minimum Gasteiger partial charge on any atom is -0.369 e. The molecule has 4 N–H and O–H groups in total. The average molecular weight is 280 g/mol. The summed E-state index contributed by atoms with van der Waals surface area (Å²) in [5.41, 5.74) is 18.8. The second kappa shape index (κ2) is 4.90. The lowest BCUT2D eigenvalue weighted by atomic mass is 9.96. The highest BCUT2D eigenvalue weighted by molar-refractivity contribution is 5.85. The molecule has 0 aliphatic carbocycles. The van der Waals surface area contributed by atoms with E-state index in [0.717, 1.165) is 16.8 Å². The molecule has 4 heteroatoms. The third-order valence-corrected chi connectivity index (χ3v) is 4.07. The molecule has 1 atom stereocenters. The molecular weight excluding hydrogens is 260 g/mol. The summed E-state index contributed by atoms with van der Waals surface area (Å²) in [4.78, 5) is 6.23. The van der Waals surface area contributed by atoms with Gasteiger partial charge in [-0.05, 0) is 36.6 Å². The first-order chi connectivity index (χ1) is 9.97. The zero-order valence-electron chi connectivity index (χ0n) is 12.6. The molecule has 3 rings (SSSR count). The van der Waals surface area contributed by atoms with Crippen LogP contribution in [0.3, 0.4) is 0 Å². The third kappa shape index (κ3) is 2.28. The van der Waals surface area contributed by atoms with E-state index in [4.69, 9.17) is 11.5 Å². The molecular formula is C17H20N4. The lowest BCUT2D eigenvalue weighted by Crippen LogP contribution is -2.42. The third-order valence-electron chi connectivity index (χ3n) is 4.07. The van der Waals surface area contributed by atoms with Crippen molar-refractivity contribution in [2.24, 2.45) is 16.5 Å². The van der Waals surface area contributed by atoms with Gasteiger partial charge in [0.1, 0.15) is 6.17 Å². The molecule has 4 nitrogen and oxygen atoms in total. The summed E-state index contributed by atoms with van der Waals surface area (Å²) in [5.74, 6) is 0.452. The molecule has 0 radical (unpaired) electrons. The van der Waals surface area contributed by atoms with Gasteiger partial charge in [0.2, 0.25) is 0 Å². The summed E-state index contributed by atoms with van der Waals surface area (Å²) in [6.07, 6.45) is -0.245. The van der Waals surface area contributed by atoms with Crippen LogP contribution in [0.25, 0.3) is 11.1 Å². The number of aliphatic imine (C=N–C) groups is 1. The number of benzene rings is 2. The predicted octanol–water partition coefficient (Wildman–Crippen LogP) is 2.82. The Balaban J connectivity index is 2.14. The van der Waals surface area contributed by atoms with Crippen LogP contribution >= 0.6 is 0 Å². The normalized spacial score (nSPS) is 17.4. The van der Waals surface area contributed by atoms with Crippen molar-refractivity contribution in [2.75, 3.05) is 7.05 Å². The minimum absolute atomic E-state index is 0.245. The van der Waals surface area contributed by atoms with Crippen LogP contribution in [0, 0.1) is 13.8 Å². The van der Waals surface area contributed by atoms with Crippen LogP contribution in [-0.4, -0.2) is 17.9 Å². The van der Waals surface area contributed by atoms with Crippen molar-refractivity contribution in [3.63, 3.8) is 0 Å². The summed E-state index contributed by atoms with van der Waals surface area (Å²) in [6, 6.07) is 12.7. The highest BCUT2D eigenvalue weighted by Crippen LogP contribution is 2.35. The van der Waals surface area contributed by atoms with Gasteiger partial charge in [0.15, 0.2) is 5.96 Å². The van der Waals surface area contributed by atoms with Crippen LogP contribution in [0.4, 0.5) is 5.69 Å². The zero-order valence-corrected chi connectivity index (χ0v) is 12.6. The second-order valence-corrected chi connectivity index (χ2v) is 5.62. The van der Waals surface area contributed by atoms with Crippen molar-refractivity contribution < 1.29 is 0 Å². The number of hydrogen-bond acceptors (Lipinski definition) is 4. The number of guanidine groups is 1. The number of hydrogen-bond donors (Lipinski definition) is 2. The minimum atomic E-state index is -0.245. The van der Waals surface area contributed by atoms with E-state index in [1.54, 1.807) is 4.90 Å². The van der Waals surface area contributed by atoms with Crippen molar-refractivity contribution >= 4 is 11.6 Å². The first-order valence-electron chi connectivity index (χ1n) is 7.01. The summed E-state index contributed by atoms with van der Waals surface area (Å²) >= 11 is 0. The van der Waals surface area contributed by atoms with Crippen LogP contribution < -0.4 is 11.5 Å². The van der Waals surface area contributed by atoms with Crippen molar-refractivity contribution in [1.29, 1.82) is 0 Å². The maximum absolute atomic E-state index is 6.19. The fraction of sp³-hybridized carbons (Fsp3) is 0.235. The molecule has 0 spiro atoms. The molecule has 1 unspecified atom stereocenters. The van der Waals surface area contributed by atoms with Crippen LogP contribution in [-0.2, 0) is 0 Å². The Morgan fingerprint density at radius 1 is 1.10 bits per heavy atom. The van der Waals surface area contributed by atoms with Gasteiger partial charge in [0.05, 0.1) is 5.69 Å². The molecule has 0 saturated heterocycles. The van der Waals surface area contributed by atoms with Gasteiger partial charge in [0.25, 0.3) is 0 Å². The maximum Gasteiger partial charge on any atom is 0.197 e. The Hall–Kier alpha value is -2.33. The topological polar surface area (TPSA) is 67.6 Å². The molecule has 21 heavy (non-hydrogen) atoms. The van der Waals surface area contributed by atoms with E-state index in [9.17, 15) is 0 Å². The first kappa shape index (κ1) is 13.6. The van der Waals surface area contributed by atoms with Gasteiger partial charge < -0.3 is 16.4 Å². The maximum atomic E-state index is 6.19. The van der Waals surface area contributed by atoms with E-state index < -0.39 is 0 Å². The van der Waals surface area contributed by atoms with Crippen LogP contribution in [0.1, 0.15) is 22.9 Å². The van der Waals surface area contributed by atoms with E-state index in [1.807, 2.05) is 13.1 Å². The van der Waals surface area contributed by atoms with Crippen molar-refractivity contribution in [3.05, 3.63) is 53.1 Å². The Morgan fingerprint density at radius 2 is 1.86 bits per heavy atom. The fourth-order valence-electron chi connectivity index (χ4n) is 2.66. The van der Waals surface area contributed by atoms with Crippen molar-refractivity contribution in [2.45, 2.75) is 20.0 Å². The molecule has 1 heterocycles. The summed E-state index contributed by atoms with van der Waals surface area (Å²) < 4.78 is 0. The number of nitrogens with zero attached hydrogens (tertiary/aromatic N) is 2. The number of aryl methyl sites for hydroxylation is 2. The highest BCUT2D eigenvalue weighted by Gasteiger charge is 2.22. The second-order valence-electron chi connectivity index (χ2n) is 5.62. The number of fused-ring (bicyclic) bond motifs is 1. The van der Waals surface area contributed by atoms with E-state index in [-0.39, 0.29) is 6.17 Å². The van der Waals surface area contributed by atoms with Gasteiger partial charge in [0, 0.05) is 12.6 Å². The molecule has 0 amide bonds. The number of nitrogens with two attached hydrogens (primary N) is 2. The smallest absolute Gasteiger partial charge is 0.197 e. The molecule has 0 fully saturated rings. The Morgan fingerprint density at radius 3 is 2.62 bits per heavy atom. The van der Waals surface area contributed by atoms with Gasteiger partial charge in [-0.25, -0.2) is 4.99 Å². The van der Waals surface area contributed by atoms with Crippen LogP contribution in [0.15, 0.2) is 41.4 Å². The fourth-order valence-corrected chi connectivity index (χ4v) is 2.66. The van der Waals surface area contributed by atoms with Crippen LogP contribution in [0.5, 0.6) is 0 Å². The van der Waals surface area contributed by atoms with Crippen molar-refractivity contribution in [1.82, 2.24) is 4.90 Å². The molecule has 1 aliphatic rings. The summed E-state index contributed by atoms with van der Waals surface area (Å²) in [6.45, 7) is 4.22. The standard InChI is InChI=1S/C17H20N4/c1-10-4-5-11(2)14(8-10)12-6-7-13-15(9-12)20-17(19)21(3)16(13)18/h4-9,16H,18H2,1-3H3,(H2,19,20). The Bertz CT molecular complexity index is 734. The molecule has 0 saturated carbocycles. The highest BCUT2D eigenvalue weighted by atomic mass is 15.3. The molecule has 0 bridgehead atoms. The van der Waals surface area contributed by atoms with Gasteiger partial charge in [-0.1, -0.05) is 35.9 Å². The molecule has 2 aromatic rings. The number of rotatable bonds is 1. The van der Waals surface area contributed by atoms with E-state index in [0.29, 0.717) is 5.96 Å². The monoisotopic (exact) mass is 280 g/mol. The zero-order chi connectivity index (χ0) is 15.1. The molecule has 2 aromatic carbocycles.